The largest absolute Gasteiger partial charge is 0.416 e. The molecule has 0 amide bonds. The van der Waals surface area contributed by atoms with Gasteiger partial charge in [-0.25, -0.2) is 0 Å². The molecule has 0 radical (unpaired) electrons. The molecule has 0 aliphatic carbocycles. The summed E-state index contributed by atoms with van der Waals surface area (Å²) in [5, 5.41) is 6.96. The van der Waals surface area contributed by atoms with E-state index in [-0.39, 0.29) is 60.5 Å². The van der Waals surface area contributed by atoms with Gasteiger partial charge in [-0.1, -0.05) is 29.8 Å². The topological polar surface area (TPSA) is 55.4 Å². The molecule has 2 N–H and O–H groups in total. The lowest BCUT2D eigenvalue weighted by atomic mass is 9.89. The summed E-state index contributed by atoms with van der Waals surface area (Å²) in [4.78, 5) is 4.28. The number of benzene rings is 3. The first-order valence-corrected chi connectivity index (χ1v) is 17.9. The fourth-order valence-electron chi connectivity index (χ4n) is 6.64. The van der Waals surface area contributed by atoms with Crippen LogP contribution in [0, 0.1) is 0 Å². The van der Waals surface area contributed by atoms with Crippen LogP contribution in [0.2, 0.25) is 5.02 Å². The molecule has 4 atom stereocenters. The number of hydrogen-bond acceptors (Lipinski definition) is 5. The molecule has 0 saturated carbocycles. The molecule has 57 heavy (non-hydrogen) atoms. The third kappa shape index (κ3) is 12.5. The van der Waals surface area contributed by atoms with Crippen molar-refractivity contribution in [1.29, 1.82) is 0 Å². The summed E-state index contributed by atoms with van der Waals surface area (Å²) in [7, 11) is 0. The van der Waals surface area contributed by atoms with E-state index in [1.165, 1.54) is 0 Å². The number of ether oxygens (including phenoxy) is 2. The summed E-state index contributed by atoms with van der Waals surface area (Å²) in [5.74, 6) is -0.252. The van der Waals surface area contributed by atoms with Crippen LogP contribution < -0.4 is 10.6 Å². The molecular weight excluding hydrogens is 806 g/mol. The lowest BCUT2D eigenvalue weighted by Gasteiger charge is -2.32. The van der Waals surface area contributed by atoms with E-state index in [0.717, 1.165) is 11.3 Å². The van der Waals surface area contributed by atoms with E-state index in [4.69, 9.17) is 21.1 Å². The molecule has 5 nitrogen and oxygen atoms in total. The molecule has 3 aromatic carbocycles. The van der Waals surface area contributed by atoms with Crippen LogP contribution in [0.1, 0.15) is 69.3 Å². The molecule has 310 valence electrons. The van der Waals surface area contributed by atoms with Gasteiger partial charge >= 0.3 is 24.7 Å². The highest BCUT2D eigenvalue weighted by Crippen LogP contribution is 2.39. The average molecular weight is 842 g/mol. The summed E-state index contributed by atoms with van der Waals surface area (Å²) in [5.41, 5.74) is -4.05. The summed E-state index contributed by atoms with van der Waals surface area (Å²) >= 11 is 6.03. The minimum absolute atomic E-state index is 0.114. The van der Waals surface area contributed by atoms with Crippen LogP contribution in [0.15, 0.2) is 85.1 Å². The zero-order valence-electron chi connectivity index (χ0n) is 29.7. The highest BCUT2D eigenvalue weighted by molar-refractivity contribution is 6.30. The lowest BCUT2D eigenvalue weighted by Crippen LogP contribution is -2.40. The Bertz CT molecular complexity index is 1860. The van der Waals surface area contributed by atoms with Crippen LogP contribution in [-0.4, -0.2) is 43.4 Å². The van der Waals surface area contributed by atoms with E-state index in [2.05, 4.69) is 15.6 Å². The van der Waals surface area contributed by atoms with Crippen molar-refractivity contribution in [2.45, 2.75) is 74.8 Å². The number of alkyl halides is 12. The Morgan fingerprint density at radius 3 is 1.44 bits per heavy atom. The Morgan fingerprint density at radius 1 is 0.561 bits per heavy atom. The standard InChI is InChI=1S/C20H18ClF6NO.C19H18F6N2O/c21-16-3-1-2-13(8-16)17-10-28-5-4-18(17)29-11-12-6-14(19(22,23)24)9-15(7-12)20(25,26)27;20-18(21,22)13-7-12(8-14(9-13)19(23,24)25)11-28-17-4-6-26-10-15(17)16-3-1-2-5-27-16/h1-3,6-9,17-18,28H,4-5,10-11H2;1-3,5,7-9,15,17,26H,4,6,10-11H2. The van der Waals surface area contributed by atoms with Gasteiger partial charge in [0.15, 0.2) is 0 Å². The molecule has 4 aromatic rings. The SMILES string of the molecule is FC(F)(F)c1cc(COC2CCNCC2c2cccc(Cl)c2)cc(C(F)(F)F)c1.FC(F)(F)c1cc(COC2CCNCC2c2ccccn2)cc(C(F)(F)F)c1. The Hall–Kier alpha value is -3.90. The summed E-state index contributed by atoms with van der Waals surface area (Å²) in [6.45, 7) is 1.72. The number of hydrogen-bond donors (Lipinski definition) is 2. The van der Waals surface area contributed by atoms with Crippen LogP contribution in [0.4, 0.5) is 52.7 Å². The number of nitrogens with one attached hydrogen (secondary N) is 2. The summed E-state index contributed by atoms with van der Waals surface area (Å²) < 4.78 is 168. The number of pyridine rings is 1. The molecule has 2 aliphatic rings. The highest BCUT2D eigenvalue weighted by Gasteiger charge is 2.39. The first-order chi connectivity index (χ1) is 26.7. The van der Waals surface area contributed by atoms with Crippen molar-refractivity contribution >= 4 is 11.6 Å². The van der Waals surface area contributed by atoms with Crippen LogP contribution >= 0.6 is 11.6 Å². The predicted octanol–water partition coefficient (Wildman–Crippen LogP) is 10.8. The first-order valence-electron chi connectivity index (χ1n) is 17.6. The van der Waals surface area contributed by atoms with Gasteiger partial charge in [-0.05, 0) is 103 Å². The van der Waals surface area contributed by atoms with Gasteiger partial charge in [-0.15, -0.1) is 0 Å². The van der Waals surface area contributed by atoms with Gasteiger partial charge < -0.3 is 20.1 Å². The van der Waals surface area contributed by atoms with Crippen molar-refractivity contribution in [3.63, 3.8) is 0 Å². The van der Waals surface area contributed by atoms with Crippen molar-refractivity contribution < 1.29 is 62.2 Å². The van der Waals surface area contributed by atoms with Crippen molar-refractivity contribution in [3.05, 3.63) is 135 Å². The molecule has 2 fully saturated rings. The second-order valence-electron chi connectivity index (χ2n) is 13.5. The smallest absolute Gasteiger partial charge is 0.373 e. The number of rotatable bonds is 8. The zero-order chi connectivity index (χ0) is 41.6. The molecule has 0 spiro atoms. The van der Waals surface area contributed by atoms with Crippen molar-refractivity contribution in [2.75, 3.05) is 26.2 Å². The van der Waals surface area contributed by atoms with Gasteiger partial charge in [0, 0.05) is 41.8 Å². The zero-order valence-corrected chi connectivity index (χ0v) is 30.5. The Labute approximate surface area is 324 Å². The third-order valence-electron chi connectivity index (χ3n) is 9.40. The Morgan fingerprint density at radius 2 is 1.02 bits per heavy atom. The maximum absolute atomic E-state index is 13.0. The molecule has 3 heterocycles. The molecule has 2 aliphatic heterocycles. The van der Waals surface area contributed by atoms with Gasteiger partial charge in [0.1, 0.15) is 0 Å². The minimum atomic E-state index is -4.88. The molecule has 6 rings (SSSR count). The van der Waals surface area contributed by atoms with Gasteiger partial charge in [-0.2, -0.15) is 52.7 Å². The van der Waals surface area contributed by atoms with E-state index in [0.29, 0.717) is 68.3 Å². The quantitative estimate of drug-likeness (QED) is 0.173. The van der Waals surface area contributed by atoms with E-state index in [9.17, 15) is 52.7 Å². The van der Waals surface area contributed by atoms with Crippen LogP contribution in [-0.2, 0) is 47.4 Å². The Balaban J connectivity index is 0.000000218. The Kier molecular flexibility index (Phi) is 14.2. The molecule has 4 unspecified atom stereocenters. The van der Waals surface area contributed by atoms with Crippen molar-refractivity contribution in [2.24, 2.45) is 0 Å². The molecule has 0 bridgehead atoms. The normalized spacial score (nSPS) is 20.8. The van der Waals surface area contributed by atoms with Gasteiger partial charge in [0.25, 0.3) is 0 Å². The second kappa shape index (κ2) is 18.4. The van der Waals surface area contributed by atoms with Crippen LogP contribution in [0.25, 0.3) is 0 Å². The van der Waals surface area contributed by atoms with Crippen molar-refractivity contribution in [1.82, 2.24) is 15.6 Å². The van der Waals surface area contributed by atoms with E-state index < -0.39 is 47.0 Å². The van der Waals surface area contributed by atoms with Crippen LogP contribution in [0.5, 0.6) is 0 Å². The molecular formula is C39H36ClF12N3O2. The fourth-order valence-corrected chi connectivity index (χ4v) is 6.84. The highest BCUT2D eigenvalue weighted by atomic mass is 35.5. The maximum atomic E-state index is 13.0. The van der Waals surface area contributed by atoms with Gasteiger partial charge in [0.05, 0.1) is 47.7 Å². The maximum Gasteiger partial charge on any atom is 0.416 e. The fraction of sp³-hybridized carbons (Fsp3) is 0.410. The molecule has 18 heteroatoms. The number of nitrogens with zero attached hydrogens (tertiary/aromatic N) is 1. The predicted molar refractivity (Wildman–Crippen MR) is 186 cm³/mol. The summed E-state index contributed by atoms with van der Waals surface area (Å²) in [6.07, 6.45) is -17.5. The third-order valence-corrected chi connectivity index (χ3v) is 9.64. The van der Waals surface area contributed by atoms with E-state index >= 15 is 0 Å². The number of aromatic nitrogens is 1. The number of piperidine rings is 2. The second-order valence-corrected chi connectivity index (χ2v) is 14.0. The number of halogens is 13. The van der Waals surface area contributed by atoms with E-state index in [1.54, 1.807) is 30.5 Å². The molecule has 2 saturated heterocycles. The van der Waals surface area contributed by atoms with Crippen LogP contribution in [0.3, 0.4) is 0 Å². The molecule has 1 aromatic heterocycles. The van der Waals surface area contributed by atoms with Gasteiger partial charge in [0.2, 0.25) is 0 Å². The summed E-state index contributed by atoms with van der Waals surface area (Å²) in [6, 6.07) is 15.6. The first kappa shape index (κ1) is 44.2. The average Bonchev–Trinajstić information content (AvgIpc) is 3.15. The van der Waals surface area contributed by atoms with Crippen molar-refractivity contribution in [3.8, 4) is 0 Å². The van der Waals surface area contributed by atoms with E-state index in [1.807, 2.05) is 18.2 Å². The van der Waals surface area contributed by atoms with Gasteiger partial charge in [-0.3, -0.25) is 4.98 Å². The monoisotopic (exact) mass is 841 g/mol. The minimum Gasteiger partial charge on any atom is -0.373 e. The lowest BCUT2D eigenvalue weighted by molar-refractivity contribution is -0.144.